The lowest BCUT2D eigenvalue weighted by Crippen LogP contribution is -2.38. The van der Waals surface area contributed by atoms with Gasteiger partial charge in [-0.05, 0) is 32.4 Å². The van der Waals surface area contributed by atoms with Gasteiger partial charge in [0.15, 0.2) is 0 Å². The molecular weight excluding hydrogens is 241 g/mol. The Morgan fingerprint density at radius 2 is 2.22 bits per heavy atom. The van der Waals surface area contributed by atoms with Crippen molar-refractivity contribution >= 4 is 0 Å². The van der Waals surface area contributed by atoms with Crippen molar-refractivity contribution in [2.75, 3.05) is 20.1 Å². The van der Waals surface area contributed by atoms with Gasteiger partial charge in [0.05, 0.1) is 0 Å². The first kappa shape index (κ1) is 12.8. The molecule has 1 aliphatic heterocycles. The van der Waals surface area contributed by atoms with Gasteiger partial charge < -0.3 is 10.0 Å². The van der Waals surface area contributed by atoms with Gasteiger partial charge in [-0.1, -0.05) is 0 Å². The van der Waals surface area contributed by atoms with Crippen molar-refractivity contribution < 1.29 is 9.50 Å². The van der Waals surface area contributed by atoms with E-state index in [1.165, 1.54) is 0 Å². The monoisotopic (exact) mass is 257 g/mol. The second kappa shape index (κ2) is 4.93. The Balaban J connectivity index is 2.26. The number of hydrogen-bond donors (Lipinski definition) is 2. The van der Waals surface area contributed by atoms with Crippen LogP contribution in [0, 0.1) is 11.7 Å². The first-order chi connectivity index (χ1) is 8.49. The highest BCUT2D eigenvalue weighted by Gasteiger charge is 2.21. The molecule has 0 radical (unpaired) electrons. The Labute approximate surface area is 103 Å². The SMILES string of the molecule is CN1CCCC(Cn2c(O)c(F)c(=O)[nH]c2=O)C1. The van der Waals surface area contributed by atoms with Crippen molar-refractivity contribution in [1.29, 1.82) is 0 Å². The van der Waals surface area contributed by atoms with Crippen LogP contribution in [0.15, 0.2) is 9.59 Å². The van der Waals surface area contributed by atoms with Gasteiger partial charge in [-0.25, -0.2) is 4.79 Å². The van der Waals surface area contributed by atoms with Crippen LogP contribution in [0.4, 0.5) is 4.39 Å². The molecular formula is C11H16FN3O3. The van der Waals surface area contributed by atoms with E-state index in [9.17, 15) is 19.1 Å². The van der Waals surface area contributed by atoms with Gasteiger partial charge >= 0.3 is 5.69 Å². The van der Waals surface area contributed by atoms with E-state index in [1.54, 1.807) is 0 Å². The lowest BCUT2D eigenvalue weighted by Gasteiger charge is -2.29. The third-order valence-electron chi connectivity index (χ3n) is 3.28. The molecule has 1 aromatic rings. The molecule has 7 heteroatoms. The van der Waals surface area contributed by atoms with Crippen molar-refractivity contribution in [2.24, 2.45) is 5.92 Å². The second-order valence-electron chi connectivity index (χ2n) is 4.78. The van der Waals surface area contributed by atoms with Crippen molar-refractivity contribution in [3.8, 4) is 5.88 Å². The summed E-state index contributed by atoms with van der Waals surface area (Å²) in [6.07, 6.45) is 1.92. The highest BCUT2D eigenvalue weighted by molar-refractivity contribution is 5.09. The normalized spacial score (nSPS) is 21.1. The van der Waals surface area contributed by atoms with Crippen LogP contribution in [-0.2, 0) is 6.54 Å². The highest BCUT2D eigenvalue weighted by Crippen LogP contribution is 2.18. The molecule has 1 aliphatic rings. The minimum Gasteiger partial charge on any atom is -0.492 e. The molecule has 0 bridgehead atoms. The Hall–Kier alpha value is -1.63. The first-order valence-corrected chi connectivity index (χ1v) is 5.89. The fourth-order valence-electron chi connectivity index (χ4n) is 2.39. The van der Waals surface area contributed by atoms with Crippen LogP contribution < -0.4 is 11.2 Å². The number of rotatable bonds is 2. The van der Waals surface area contributed by atoms with Crippen molar-refractivity contribution in [3.63, 3.8) is 0 Å². The van der Waals surface area contributed by atoms with Crippen LogP contribution in [0.5, 0.6) is 5.88 Å². The van der Waals surface area contributed by atoms with E-state index in [2.05, 4.69) is 4.90 Å². The predicted octanol–water partition coefficient (Wildman–Crippen LogP) is -0.277. The number of piperidine rings is 1. The quantitative estimate of drug-likeness (QED) is 0.764. The van der Waals surface area contributed by atoms with E-state index in [0.29, 0.717) is 0 Å². The molecule has 1 fully saturated rings. The standard InChI is InChI=1S/C11H16FN3O3/c1-14-4-2-3-7(5-14)6-15-10(17)8(12)9(16)13-11(15)18/h7,17H,2-6H2,1H3,(H,13,16,18). The molecule has 0 aliphatic carbocycles. The van der Waals surface area contributed by atoms with Gasteiger partial charge in [-0.3, -0.25) is 14.3 Å². The number of nitrogens with one attached hydrogen (secondary N) is 1. The van der Waals surface area contributed by atoms with Crippen LogP contribution in [-0.4, -0.2) is 39.7 Å². The number of likely N-dealkylation sites (tertiary alicyclic amines) is 1. The summed E-state index contributed by atoms with van der Waals surface area (Å²) in [6.45, 7) is 1.99. The molecule has 18 heavy (non-hydrogen) atoms. The molecule has 1 unspecified atom stereocenters. The molecule has 0 saturated carbocycles. The number of nitrogens with zero attached hydrogens (tertiary/aromatic N) is 2. The van der Waals surface area contributed by atoms with E-state index in [-0.39, 0.29) is 12.5 Å². The summed E-state index contributed by atoms with van der Waals surface area (Å²) in [4.78, 5) is 26.5. The topological polar surface area (TPSA) is 78.3 Å². The number of aromatic nitrogens is 2. The van der Waals surface area contributed by atoms with Crippen molar-refractivity contribution in [3.05, 3.63) is 26.7 Å². The maximum absolute atomic E-state index is 13.2. The van der Waals surface area contributed by atoms with Crippen LogP contribution in [0.25, 0.3) is 0 Å². The summed E-state index contributed by atoms with van der Waals surface area (Å²) in [5.74, 6) is -2.02. The van der Waals surface area contributed by atoms with Crippen molar-refractivity contribution in [1.82, 2.24) is 14.5 Å². The molecule has 2 rings (SSSR count). The average Bonchev–Trinajstić information content (AvgIpc) is 2.32. The molecule has 1 aromatic heterocycles. The summed E-state index contributed by atoms with van der Waals surface area (Å²) in [5, 5.41) is 9.51. The summed E-state index contributed by atoms with van der Waals surface area (Å²) in [7, 11) is 1.97. The number of aromatic hydroxyl groups is 1. The predicted molar refractivity (Wildman–Crippen MR) is 63.2 cm³/mol. The van der Waals surface area contributed by atoms with Gasteiger partial charge in [-0.15, -0.1) is 0 Å². The molecule has 2 N–H and O–H groups in total. The minimum atomic E-state index is -1.31. The highest BCUT2D eigenvalue weighted by atomic mass is 19.1. The van der Waals surface area contributed by atoms with Gasteiger partial charge in [0.25, 0.3) is 5.56 Å². The molecule has 6 nitrogen and oxygen atoms in total. The van der Waals surface area contributed by atoms with Crippen LogP contribution in [0.3, 0.4) is 0 Å². The molecule has 0 aromatic carbocycles. The van der Waals surface area contributed by atoms with Crippen LogP contribution in [0.1, 0.15) is 12.8 Å². The zero-order valence-corrected chi connectivity index (χ0v) is 10.1. The van der Waals surface area contributed by atoms with Gasteiger partial charge in [0, 0.05) is 13.1 Å². The van der Waals surface area contributed by atoms with E-state index in [1.807, 2.05) is 12.0 Å². The summed E-state index contributed by atoms with van der Waals surface area (Å²) in [5.41, 5.74) is -1.96. The maximum Gasteiger partial charge on any atom is 0.331 e. The van der Waals surface area contributed by atoms with E-state index >= 15 is 0 Å². The Bertz CT molecular complexity index is 551. The Kier molecular flexibility index (Phi) is 3.51. The summed E-state index contributed by atoms with van der Waals surface area (Å²) < 4.78 is 14.1. The third-order valence-corrected chi connectivity index (χ3v) is 3.28. The lowest BCUT2D eigenvalue weighted by molar-refractivity contribution is 0.187. The van der Waals surface area contributed by atoms with Gasteiger partial charge in [-0.2, -0.15) is 4.39 Å². The fraction of sp³-hybridized carbons (Fsp3) is 0.636. The summed E-state index contributed by atoms with van der Waals surface area (Å²) in [6, 6.07) is 0. The lowest BCUT2D eigenvalue weighted by atomic mass is 9.98. The maximum atomic E-state index is 13.2. The Morgan fingerprint density at radius 3 is 2.89 bits per heavy atom. The molecule has 1 atom stereocenters. The second-order valence-corrected chi connectivity index (χ2v) is 4.78. The fourth-order valence-corrected chi connectivity index (χ4v) is 2.39. The van der Waals surface area contributed by atoms with Gasteiger partial charge in [0.2, 0.25) is 11.7 Å². The molecule has 100 valence electrons. The third kappa shape index (κ3) is 2.45. The van der Waals surface area contributed by atoms with Crippen LogP contribution in [0.2, 0.25) is 0 Å². The molecule has 1 saturated heterocycles. The van der Waals surface area contributed by atoms with E-state index < -0.39 is 22.9 Å². The molecule has 0 spiro atoms. The van der Waals surface area contributed by atoms with Crippen molar-refractivity contribution in [2.45, 2.75) is 19.4 Å². The number of aromatic amines is 1. The molecule has 0 amide bonds. The number of hydrogen-bond acceptors (Lipinski definition) is 4. The van der Waals surface area contributed by atoms with E-state index in [4.69, 9.17) is 0 Å². The van der Waals surface area contributed by atoms with Crippen LogP contribution >= 0.6 is 0 Å². The largest absolute Gasteiger partial charge is 0.492 e. The zero-order chi connectivity index (χ0) is 13.3. The zero-order valence-electron chi connectivity index (χ0n) is 10.1. The van der Waals surface area contributed by atoms with Gasteiger partial charge in [0.1, 0.15) is 0 Å². The minimum absolute atomic E-state index is 0.164. The Morgan fingerprint density at radius 1 is 1.50 bits per heavy atom. The number of H-pyrrole nitrogens is 1. The van der Waals surface area contributed by atoms with E-state index in [0.717, 1.165) is 30.5 Å². The smallest absolute Gasteiger partial charge is 0.331 e. The average molecular weight is 257 g/mol. The molecule has 2 heterocycles. The number of halogens is 1. The first-order valence-electron chi connectivity index (χ1n) is 5.89. The summed E-state index contributed by atoms with van der Waals surface area (Å²) >= 11 is 0.